The molecule has 0 spiro atoms. The minimum Gasteiger partial charge on any atom is -0.542 e. The topological polar surface area (TPSA) is 96.4 Å². The number of nitro benzene ring substituents is 1. The van der Waals surface area contributed by atoms with E-state index in [1.807, 2.05) is 0 Å². The molecule has 1 heterocycles. The van der Waals surface area contributed by atoms with E-state index in [4.69, 9.17) is 16.0 Å². The van der Waals surface area contributed by atoms with Gasteiger partial charge in [-0.2, -0.15) is 0 Å². The standard InChI is InChI=1S/C11H6ClNO5/c12-8-2-1-6(13(16)17)5-7(8)9-3-4-10(18-9)11(14)15/h1-5H,(H,14,15)/p-1. The van der Waals surface area contributed by atoms with Gasteiger partial charge in [0.1, 0.15) is 17.5 Å². The number of nitro groups is 1. The molecule has 1 aromatic carbocycles. The highest BCUT2D eigenvalue weighted by molar-refractivity contribution is 6.33. The lowest BCUT2D eigenvalue weighted by atomic mass is 10.1. The number of carbonyl (C=O) groups is 1. The van der Waals surface area contributed by atoms with Crippen molar-refractivity contribution in [3.8, 4) is 11.3 Å². The van der Waals surface area contributed by atoms with Crippen molar-refractivity contribution in [1.82, 2.24) is 0 Å². The van der Waals surface area contributed by atoms with E-state index in [0.29, 0.717) is 0 Å². The molecule has 6 nitrogen and oxygen atoms in total. The molecule has 0 unspecified atom stereocenters. The lowest BCUT2D eigenvalue weighted by molar-refractivity contribution is -0.384. The van der Waals surface area contributed by atoms with Crippen LogP contribution in [0.1, 0.15) is 10.6 Å². The third-order valence-electron chi connectivity index (χ3n) is 2.23. The summed E-state index contributed by atoms with van der Waals surface area (Å²) in [6, 6.07) is 6.35. The van der Waals surface area contributed by atoms with Gasteiger partial charge in [-0.3, -0.25) is 10.1 Å². The molecule has 0 bridgehead atoms. The predicted molar refractivity (Wildman–Crippen MR) is 60.1 cm³/mol. The van der Waals surface area contributed by atoms with Crippen molar-refractivity contribution in [1.29, 1.82) is 0 Å². The number of carboxylic acid groups (broad SMARTS) is 1. The molecule has 0 fully saturated rings. The van der Waals surface area contributed by atoms with Gasteiger partial charge in [0, 0.05) is 17.7 Å². The Kier molecular flexibility index (Phi) is 3.03. The monoisotopic (exact) mass is 266 g/mol. The molecule has 18 heavy (non-hydrogen) atoms. The molecular weight excluding hydrogens is 262 g/mol. The van der Waals surface area contributed by atoms with Gasteiger partial charge in [0.25, 0.3) is 5.69 Å². The highest BCUT2D eigenvalue weighted by atomic mass is 35.5. The van der Waals surface area contributed by atoms with Gasteiger partial charge in [-0.25, -0.2) is 0 Å². The number of halogens is 1. The van der Waals surface area contributed by atoms with Crippen molar-refractivity contribution in [2.45, 2.75) is 0 Å². The smallest absolute Gasteiger partial charge is 0.270 e. The van der Waals surface area contributed by atoms with Crippen molar-refractivity contribution < 1.29 is 19.2 Å². The number of furan rings is 1. The Balaban J connectivity index is 2.51. The van der Waals surface area contributed by atoms with Crippen molar-refractivity contribution in [3.63, 3.8) is 0 Å². The van der Waals surface area contributed by atoms with Gasteiger partial charge >= 0.3 is 0 Å². The molecule has 0 aliphatic rings. The minimum absolute atomic E-state index is 0.128. The largest absolute Gasteiger partial charge is 0.542 e. The third kappa shape index (κ3) is 2.18. The second kappa shape index (κ2) is 4.50. The van der Waals surface area contributed by atoms with Crippen LogP contribution in [0.4, 0.5) is 5.69 Å². The van der Waals surface area contributed by atoms with E-state index in [1.165, 1.54) is 30.3 Å². The Bertz CT molecular complexity index is 634. The van der Waals surface area contributed by atoms with Gasteiger partial charge < -0.3 is 14.3 Å². The average molecular weight is 267 g/mol. The van der Waals surface area contributed by atoms with Gasteiger partial charge in [-0.1, -0.05) is 11.6 Å². The lowest BCUT2D eigenvalue weighted by Crippen LogP contribution is -2.21. The summed E-state index contributed by atoms with van der Waals surface area (Å²) in [6.45, 7) is 0. The summed E-state index contributed by atoms with van der Waals surface area (Å²) in [4.78, 5) is 20.6. The molecule has 92 valence electrons. The Hall–Kier alpha value is -2.34. The molecule has 0 aliphatic carbocycles. The van der Waals surface area contributed by atoms with E-state index in [9.17, 15) is 20.0 Å². The van der Waals surface area contributed by atoms with Crippen LogP contribution < -0.4 is 5.11 Å². The molecule has 0 saturated carbocycles. The van der Waals surface area contributed by atoms with Crippen LogP contribution in [0.5, 0.6) is 0 Å². The maximum absolute atomic E-state index is 10.6. The maximum Gasteiger partial charge on any atom is 0.270 e. The summed E-state index contributed by atoms with van der Waals surface area (Å²) in [5, 5.41) is 21.4. The van der Waals surface area contributed by atoms with Gasteiger partial charge in [-0.05, 0) is 18.2 Å². The van der Waals surface area contributed by atoms with Gasteiger partial charge in [-0.15, -0.1) is 0 Å². The molecule has 0 atom stereocenters. The summed E-state index contributed by atoms with van der Waals surface area (Å²) < 4.78 is 4.98. The SMILES string of the molecule is O=C([O-])c1ccc(-c2cc([N+](=O)[O-])ccc2Cl)o1. The molecule has 7 heteroatoms. The van der Waals surface area contributed by atoms with E-state index < -0.39 is 10.9 Å². The number of carboxylic acids is 1. The first-order valence-corrected chi connectivity index (χ1v) is 5.12. The number of hydrogen-bond donors (Lipinski definition) is 0. The first-order chi connectivity index (χ1) is 8.49. The summed E-state index contributed by atoms with van der Waals surface area (Å²) in [7, 11) is 0. The van der Waals surface area contributed by atoms with Crippen molar-refractivity contribution in [2.75, 3.05) is 0 Å². The predicted octanol–water partition coefficient (Wildman–Crippen LogP) is 1.87. The Morgan fingerprint density at radius 3 is 2.56 bits per heavy atom. The van der Waals surface area contributed by atoms with Crippen LogP contribution >= 0.6 is 11.6 Å². The van der Waals surface area contributed by atoms with E-state index in [2.05, 4.69) is 0 Å². The molecular formula is C11H5ClNO5-. The highest BCUT2D eigenvalue weighted by Crippen LogP contribution is 2.32. The summed E-state index contributed by atoms with van der Waals surface area (Å²) >= 11 is 5.88. The fourth-order valence-corrected chi connectivity index (χ4v) is 1.62. The zero-order valence-electron chi connectivity index (χ0n) is 8.75. The lowest BCUT2D eigenvalue weighted by Gasteiger charge is -2.01. The zero-order chi connectivity index (χ0) is 13.3. The second-order valence-corrected chi connectivity index (χ2v) is 3.78. The third-order valence-corrected chi connectivity index (χ3v) is 2.56. The van der Waals surface area contributed by atoms with Crippen LogP contribution in [0.25, 0.3) is 11.3 Å². The number of non-ortho nitro benzene ring substituents is 1. The zero-order valence-corrected chi connectivity index (χ0v) is 9.51. The van der Waals surface area contributed by atoms with Crippen LogP contribution in [0.15, 0.2) is 34.7 Å². The molecule has 0 radical (unpaired) electrons. The molecule has 0 N–H and O–H groups in total. The fourth-order valence-electron chi connectivity index (χ4n) is 1.41. The van der Waals surface area contributed by atoms with E-state index in [-0.39, 0.29) is 27.8 Å². The quantitative estimate of drug-likeness (QED) is 0.624. The molecule has 0 aliphatic heterocycles. The molecule has 0 saturated heterocycles. The highest BCUT2D eigenvalue weighted by Gasteiger charge is 2.14. The van der Waals surface area contributed by atoms with Crippen LogP contribution in [0.3, 0.4) is 0 Å². The number of rotatable bonds is 3. The van der Waals surface area contributed by atoms with Crippen LogP contribution in [0, 0.1) is 10.1 Å². The summed E-state index contributed by atoms with van der Waals surface area (Å²) in [5.41, 5.74) is 0.0826. The van der Waals surface area contributed by atoms with Crippen LogP contribution in [0.2, 0.25) is 5.02 Å². The normalized spacial score (nSPS) is 10.3. The first kappa shape index (κ1) is 12.1. The van der Waals surface area contributed by atoms with E-state index in [0.717, 1.165) is 0 Å². The molecule has 2 aromatic rings. The summed E-state index contributed by atoms with van der Waals surface area (Å²) in [5.74, 6) is -1.71. The second-order valence-electron chi connectivity index (χ2n) is 3.37. The van der Waals surface area contributed by atoms with Crippen molar-refractivity contribution >= 4 is 23.3 Å². The Morgan fingerprint density at radius 2 is 2.00 bits per heavy atom. The average Bonchev–Trinajstić information content (AvgIpc) is 2.78. The number of nitrogens with zero attached hydrogens (tertiary/aromatic N) is 1. The number of hydrogen-bond acceptors (Lipinski definition) is 5. The van der Waals surface area contributed by atoms with Gasteiger partial charge in [0.2, 0.25) is 0 Å². The number of aromatic carboxylic acids is 1. The van der Waals surface area contributed by atoms with Crippen LogP contribution in [-0.4, -0.2) is 10.9 Å². The van der Waals surface area contributed by atoms with E-state index in [1.54, 1.807) is 0 Å². The summed E-state index contributed by atoms with van der Waals surface area (Å²) in [6.07, 6.45) is 0. The number of benzene rings is 1. The molecule has 1 aromatic heterocycles. The fraction of sp³-hybridized carbons (Fsp3) is 0. The Morgan fingerprint density at radius 1 is 1.28 bits per heavy atom. The molecule has 2 rings (SSSR count). The van der Waals surface area contributed by atoms with Gasteiger partial charge in [0.05, 0.1) is 9.95 Å². The number of carbonyl (C=O) groups excluding carboxylic acids is 1. The maximum atomic E-state index is 10.6. The molecule has 0 amide bonds. The van der Waals surface area contributed by atoms with E-state index >= 15 is 0 Å². The van der Waals surface area contributed by atoms with Gasteiger partial charge in [0.15, 0.2) is 0 Å². The Labute approximate surface area is 106 Å². The minimum atomic E-state index is -1.47. The van der Waals surface area contributed by atoms with Crippen molar-refractivity contribution in [3.05, 3.63) is 51.2 Å². The van der Waals surface area contributed by atoms with Crippen LogP contribution in [-0.2, 0) is 0 Å². The van der Waals surface area contributed by atoms with Crippen molar-refractivity contribution in [2.24, 2.45) is 0 Å². The first-order valence-electron chi connectivity index (χ1n) is 4.74.